The zero-order chi connectivity index (χ0) is 14.3. The minimum Gasteiger partial charge on any atom is -0.325 e. The second-order valence-electron chi connectivity index (χ2n) is 5.31. The van der Waals surface area contributed by atoms with Crippen LogP contribution in [0.2, 0.25) is 0 Å². The zero-order valence-electron chi connectivity index (χ0n) is 11.9. The number of hydrogen-bond donors (Lipinski definition) is 2. The van der Waals surface area contributed by atoms with E-state index in [2.05, 4.69) is 31.4 Å². The van der Waals surface area contributed by atoms with Crippen molar-refractivity contribution in [2.24, 2.45) is 5.92 Å². The lowest BCUT2D eigenvalue weighted by molar-refractivity contribution is -0.115. The molecule has 4 heteroatoms. The number of rotatable bonds is 7. The smallest absolute Gasteiger partial charge is 0.238 e. The predicted octanol–water partition coefficient (Wildman–Crippen LogP) is 3.18. The molecule has 1 atom stereocenters. The topological polar surface area (TPSA) is 41.1 Å². The molecule has 0 fully saturated rings. The third-order valence-electron chi connectivity index (χ3n) is 2.92. The van der Waals surface area contributed by atoms with E-state index in [1.54, 1.807) is 12.1 Å². The van der Waals surface area contributed by atoms with Crippen molar-refractivity contribution in [3.63, 3.8) is 0 Å². The molecule has 0 spiro atoms. The van der Waals surface area contributed by atoms with Gasteiger partial charge in [-0.15, -0.1) is 0 Å². The van der Waals surface area contributed by atoms with E-state index in [0.29, 0.717) is 17.6 Å². The number of carbonyl (C=O) groups excluding carboxylic acids is 1. The van der Waals surface area contributed by atoms with Gasteiger partial charge >= 0.3 is 0 Å². The molecule has 106 valence electrons. The fraction of sp³-hybridized carbons (Fsp3) is 0.533. The molecule has 0 saturated heterocycles. The SMILES string of the molecule is CC(C)CCC(C)NCC(=O)Nc1ccc(F)cc1. The van der Waals surface area contributed by atoms with Crippen molar-refractivity contribution < 1.29 is 9.18 Å². The third-order valence-corrected chi connectivity index (χ3v) is 2.92. The maximum atomic E-state index is 12.7. The van der Waals surface area contributed by atoms with Gasteiger partial charge in [-0.1, -0.05) is 13.8 Å². The molecule has 1 amide bonds. The molecule has 0 aliphatic rings. The lowest BCUT2D eigenvalue weighted by Gasteiger charge is -2.14. The molecule has 0 aliphatic heterocycles. The Morgan fingerprint density at radius 2 is 1.79 bits per heavy atom. The van der Waals surface area contributed by atoms with Gasteiger partial charge in [0.05, 0.1) is 6.54 Å². The van der Waals surface area contributed by atoms with Crippen molar-refractivity contribution in [3.05, 3.63) is 30.1 Å². The summed E-state index contributed by atoms with van der Waals surface area (Å²) in [5.74, 6) is 0.263. The molecular formula is C15H23FN2O. The van der Waals surface area contributed by atoms with Crippen LogP contribution >= 0.6 is 0 Å². The van der Waals surface area contributed by atoms with Gasteiger partial charge in [0.1, 0.15) is 5.82 Å². The van der Waals surface area contributed by atoms with Crippen LogP contribution in [0, 0.1) is 11.7 Å². The summed E-state index contributed by atoms with van der Waals surface area (Å²) in [4.78, 5) is 11.7. The summed E-state index contributed by atoms with van der Waals surface area (Å²) in [6, 6.07) is 6.08. The van der Waals surface area contributed by atoms with Crippen LogP contribution in [0.4, 0.5) is 10.1 Å². The van der Waals surface area contributed by atoms with Crippen molar-refractivity contribution in [1.29, 1.82) is 0 Å². The maximum Gasteiger partial charge on any atom is 0.238 e. The Bertz CT molecular complexity index is 390. The Hall–Kier alpha value is -1.42. The minimum atomic E-state index is -0.307. The first-order valence-corrected chi connectivity index (χ1v) is 6.76. The van der Waals surface area contributed by atoms with Crippen molar-refractivity contribution >= 4 is 11.6 Å². The second kappa shape index (κ2) is 7.89. The van der Waals surface area contributed by atoms with Gasteiger partial charge in [0.15, 0.2) is 0 Å². The van der Waals surface area contributed by atoms with Gasteiger partial charge in [0.25, 0.3) is 0 Å². The average molecular weight is 266 g/mol. The highest BCUT2D eigenvalue weighted by Crippen LogP contribution is 2.08. The van der Waals surface area contributed by atoms with Crippen LogP contribution < -0.4 is 10.6 Å². The molecule has 0 aromatic heterocycles. The van der Waals surface area contributed by atoms with Crippen LogP contribution in [0.25, 0.3) is 0 Å². The lowest BCUT2D eigenvalue weighted by Crippen LogP contribution is -2.34. The average Bonchev–Trinajstić information content (AvgIpc) is 2.36. The molecule has 1 aromatic carbocycles. The quantitative estimate of drug-likeness (QED) is 0.796. The molecule has 0 radical (unpaired) electrons. The Morgan fingerprint density at radius 3 is 2.37 bits per heavy atom. The molecule has 1 aromatic rings. The monoisotopic (exact) mass is 266 g/mol. The Balaban J connectivity index is 2.26. The fourth-order valence-corrected chi connectivity index (χ4v) is 1.69. The molecule has 0 aliphatic carbocycles. The molecule has 3 nitrogen and oxygen atoms in total. The Kier molecular flexibility index (Phi) is 6.50. The van der Waals surface area contributed by atoms with Crippen molar-refractivity contribution in [2.45, 2.75) is 39.7 Å². The highest BCUT2D eigenvalue weighted by atomic mass is 19.1. The summed E-state index contributed by atoms with van der Waals surface area (Å²) in [7, 11) is 0. The minimum absolute atomic E-state index is 0.108. The van der Waals surface area contributed by atoms with Gasteiger partial charge in [-0.2, -0.15) is 0 Å². The van der Waals surface area contributed by atoms with Gasteiger partial charge in [-0.05, 0) is 49.9 Å². The fourth-order valence-electron chi connectivity index (χ4n) is 1.69. The number of halogens is 1. The second-order valence-corrected chi connectivity index (χ2v) is 5.31. The van der Waals surface area contributed by atoms with Crippen molar-refractivity contribution in [3.8, 4) is 0 Å². The summed E-state index contributed by atoms with van der Waals surface area (Å²) in [5.41, 5.74) is 0.614. The van der Waals surface area contributed by atoms with E-state index < -0.39 is 0 Å². The van der Waals surface area contributed by atoms with Crippen LogP contribution in [0.1, 0.15) is 33.6 Å². The van der Waals surface area contributed by atoms with E-state index >= 15 is 0 Å². The summed E-state index contributed by atoms with van der Waals surface area (Å²) in [6.07, 6.45) is 2.20. The normalized spacial score (nSPS) is 12.5. The van der Waals surface area contributed by atoms with E-state index in [1.165, 1.54) is 12.1 Å². The van der Waals surface area contributed by atoms with E-state index in [1.807, 2.05) is 0 Å². The summed E-state index contributed by atoms with van der Waals surface area (Å²) < 4.78 is 12.7. The number of anilines is 1. The molecule has 19 heavy (non-hydrogen) atoms. The summed E-state index contributed by atoms with van der Waals surface area (Å²) in [5, 5.41) is 5.90. The molecular weight excluding hydrogens is 243 g/mol. The van der Waals surface area contributed by atoms with E-state index in [-0.39, 0.29) is 18.3 Å². The molecule has 0 bridgehead atoms. The number of carbonyl (C=O) groups is 1. The molecule has 1 unspecified atom stereocenters. The van der Waals surface area contributed by atoms with Crippen LogP contribution in [-0.4, -0.2) is 18.5 Å². The van der Waals surface area contributed by atoms with Gasteiger partial charge in [0, 0.05) is 11.7 Å². The first-order valence-electron chi connectivity index (χ1n) is 6.76. The first kappa shape index (κ1) is 15.6. The number of benzene rings is 1. The van der Waals surface area contributed by atoms with E-state index in [4.69, 9.17) is 0 Å². The van der Waals surface area contributed by atoms with Gasteiger partial charge in [-0.25, -0.2) is 4.39 Å². The van der Waals surface area contributed by atoms with E-state index in [0.717, 1.165) is 12.8 Å². The number of nitrogens with one attached hydrogen (secondary N) is 2. The molecule has 1 rings (SSSR count). The highest BCUT2D eigenvalue weighted by molar-refractivity contribution is 5.92. The zero-order valence-corrected chi connectivity index (χ0v) is 11.9. The summed E-state index contributed by atoms with van der Waals surface area (Å²) in [6.45, 7) is 6.73. The first-order chi connectivity index (χ1) is 8.97. The van der Waals surface area contributed by atoms with Crippen LogP contribution in [0.3, 0.4) is 0 Å². The molecule has 2 N–H and O–H groups in total. The lowest BCUT2D eigenvalue weighted by atomic mass is 10.0. The van der Waals surface area contributed by atoms with Crippen LogP contribution in [0.5, 0.6) is 0 Å². The standard InChI is InChI=1S/C15H23FN2O/c1-11(2)4-5-12(3)17-10-15(19)18-14-8-6-13(16)7-9-14/h6-9,11-12,17H,4-5,10H2,1-3H3,(H,18,19). The highest BCUT2D eigenvalue weighted by Gasteiger charge is 2.07. The summed E-state index contributed by atoms with van der Waals surface area (Å²) >= 11 is 0. The van der Waals surface area contributed by atoms with Gasteiger partial charge in [0.2, 0.25) is 5.91 Å². The van der Waals surface area contributed by atoms with Gasteiger partial charge < -0.3 is 10.6 Å². The van der Waals surface area contributed by atoms with Gasteiger partial charge in [-0.3, -0.25) is 4.79 Å². The molecule has 0 saturated carbocycles. The van der Waals surface area contributed by atoms with E-state index in [9.17, 15) is 9.18 Å². The Labute approximate surface area is 114 Å². The maximum absolute atomic E-state index is 12.7. The number of amides is 1. The van der Waals surface area contributed by atoms with Crippen molar-refractivity contribution in [1.82, 2.24) is 5.32 Å². The van der Waals surface area contributed by atoms with Crippen LogP contribution in [-0.2, 0) is 4.79 Å². The van der Waals surface area contributed by atoms with Crippen molar-refractivity contribution in [2.75, 3.05) is 11.9 Å². The molecule has 0 heterocycles. The van der Waals surface area contributed by atoms with Crippen LogP contribution in [0.15, 0.2) is 24.3 Å². The predicted molar refractivity (Wildman–Crippen MR) is 76.6 cm³/mol. The Morgan fingerprint density at radius 1 is 1.16 bits per heavy atom. The number of hydrogen-bond acceptors (Lipinski definition) is 2. The third kappa shape index (κ3) is 6.91. The largest absolute Gasteiger partial charge is 0.325 e.